The zero-order chi connectivity index (χ0) is 26.7. The molecule has 0 spiro atoms. The van der Waals surface area contributed by atoms with Gasteiger partial charge in [-0.05, 0) is 35.9 Å². The first-order valence-electron chi connectivity index (χ1n) is 12.3. The van der Waals surface area contributed by atoms with Crippen molar-refractivity contribution in [3.8, 4) is 5.75 Å². The van der Waals surface area contributed by atoms with Crippen LogP contribution in [-0.4, -0.2) is 52.7 Å². The van der Waals surface area contributed by atoms with Crippen LogP contribution in [0.3, 0.4) is 0 Å². The SMILES string of the molecule is CC(C)NCc1cc(OCCS(=O)(=O)c2cccc3c(N(C)C)cccc23)ccc1N1C(=O)CCC1=O. The maximum atomic E-state index is 13.3. The quantitative estimate of drug-likeness (QED) is 0.403. The molecule has 2 amide bonds. The highest BCUT2D eigenvalue weighted by atomic mass is 32.2. The molecule has 3 aromatic carbocycles. The number of carbonyl (C=O) groups excluding carboxylic acids is 2. The van der Waals surface area contributed by atoms with Crippen molar-refractivity contribution in [2.75, 3.05) is 36.3 Å². The molecule has 0 saturated carbocycles. The minimum atomic E-state index is -3.62. The molecule has 0 radical (unpaired) electrons. The van der Waals surface area contributed by atoms with E-state index >= 15 is 0 Å². The molecule has 0 bridgehead atoms. The van der Waals surface area contributed by atoms with Crippen molar-refractivity contribution < 1.29 is 22.7 Å². The normalized spacial score (nSPS) is 14.1. The highest BCUT2D eigenvalue weighted by Crippen LogP contribution is 2.32. The van der Waals surface area contributed by atoms with Crippen LogP contribution in [-0.2, 0) is 26.0 Å². The maximum Gasteiger partial charge on any atom is 0.234 e. The predicted octanol–water partition coefficient (Wildman–Crippen LogP) is 3.91. The molecule has 196 valence electrons. The van der Waals surface area contributed by atoms with E-state index in [1.54, 1.807) is 30.3 Å². The molecule has 9 heteroatoms. The minimum absolute atomic E-state index is 0.0376. The Labute approximate surface area is 218 Å². The standard InChI is InChI=1S/C28H33N3O5S/c1-19(2)29-18-20-17-21(11-12-24(20)31-27(32)13-14-28(31)33)36-15-16-37(34,35)26-10-6-7-22-23(26)8-5-9-25(22)30(3)4/h5-12,17,19,29H,13-16,18H2,1-4H3. The molecule has 1 aliphatic rings. The summed E-state index contributed by atoms with van der Waals surface area (Å²) in [4.78, 5) is 28.1. The van der Waals surface area contributed by atoms with Crippen molar-refractivity contribution in [1.29, 1.82) is 0 Å². The maximum absolute atomic E-state index is 13.3. The monoisotopic (exact) mass is 523 g/mol. The number of rotatable bonds is 10. The third-order valence-corrected chi connectivity index (χ3v) is 8.07. The number of nitrogens with zero attached hydrogens (tertiary/aromatic N) is 2. The Bertz CT molecular complexity index is 1420. The summed E-state index contributed by atoms with van der Waals surface area (Å²) in [6.07, 6.45) is 0.409. The largest absolute Gasteiger partial charge is 0.493 e. The highest BCUT2D eigenvalue weighted by molar-refractivity contribution is 7.91. The molecule has 1 N–H and O–H groups in total. The van der Waals surface area contributed by atoms with Crippen LogP contribution in [0, 0.1) is 0 Å². The summed E-state index contributed by atoms with van der Waals surface area (Å²) in [5.41, 5.74) is 2.22. The van der Waals surface area contributed by atoms with Gasteiger partial charge in [-0.3, -0.25) is 14.5 Å². The molecular weight excluding hydrogens is 490 g/mol. The summed E-state index contributed by atoms with van der Waals surface area (Å²) in [5, 5.41) is 4.86. The lowest BCUT2D eigenvalue weighted by atomic mass is 10.1. The molecule has 0 aliphatic carbocycles. The predicted molar refractivity (Wildman–Crippen MR) is 146 cm³/mol. The van der Waals surface area contributed by atoms with Gasteiger partial charge in [0.2, 0.25) is 11.8 Å². The second-order valence-electron chi connectivity index (χ2n) is 9.64. The van der Waals surface area contributed by atoms with E-state index in [1.165, 1.54) is 4.90 Å². The lowest BCUT2D eigenvalue weighted by Gasteiger charge is -2.20. The minimum Gasteiger partial charge on any atom is -0.493 e. The van der Waals surface area contributed by atoms with Gasteiger partial charge in [-0.1, -0.05) is 38.1 Å². The number of imide groups is 1. The third-order valence-electron chi connectivity index (χ3n) is 6.34. The van der Waals surface area contributed by atoms with Crippen molar-refractivity contribution in [2.24, 2.45) is 0 Å². The number of carbonyl (C=O) groups is 2. The lowest BCUT2D eigenvalue weighted by molar-refractivity contribution is -0.121. The molecule has 0 atom stereocenters. The van der Waals surface area contributed by atoms with Crippen molar-refractivity contribution >= 4 is 43.8 Å². The number of benzene rings is 3. The topological polar surface area (TPSA) is 96.0 Å². The van der Waals surface area contributed by atoms with Crippen LogP contribution in [0.2, 0.25) is 0 Å². The first-order chi connectivity index (χ1) is 17.6. The van der Waals surface area contributed by atoms with E-state index in [9.17, 15) is 18.0 Å². The van der Waals surface area contributed by atoms with Crippen molar-refractivity contribution in [3.63, 3.8) is 0 Å². The summed E-state index contributed by atoms with van der Waals surface area (Å²) in [6, 6.07) is 16.3. The zero-order valence-corrected chi connectivity index (χ0v) is 22.5. The van der Waals surface area contributed by atoms with E-state index in [1.807, 2.05) is 57.1 Å². The van der Waals surface area contributed by atoms with Gasteiger partial charge >= 0.3 is 0 Å². The fraction of sp³-hybridized carbons (Fsp3) is 0.357. The smallest absolute Gasteiger partial charge is 0.234 e. The van der Waals surface area contributed by atoms with E-state index in [-0.39, 0.29) is 48.0 Å². The molecule has 1 heterocycles. The van der Waals surface area contributed by atoms with E-state index in [4.69, 9.17) is 4.74 Å². The zero-order valence-electron chi connectivity index (χ0n) is 21.7. The fourth-order valence-electron chi connectivity index (χ4n) is 4.48. The van der Waals surface area contributed by atoms with Crippen molar-refractivity contribution in [3.05, 3.63) is 60.2 Å². The molecule has 4 rings (SSSR count). The molecular formula is C28H33N3O5S. The fourth-order valence-corrected chi connectivity index (χ4v) is 5.80. The van der Waals surface area contributed by atoms with Gasteiger partial charge in [-0.15, -0.1) is 0 Å². The number of nitrogens with one attached hydrogen (secondary N) is 1. The van der Waals surface area contributed by atoms with Crippen molar-refractivity contribution in [2.45, 2.75) is 44.2 Å². The number of hydrogen-bond donors (Lipinski definition) is 1. The molecule has 8 nitrogen and oxygen atoms in total. The number of anilines is 2. The van der Waals surface area contributed by atoms with Crippen LogP contribution >= 0.6 is 0 Å². The summed E-state index contributed by atoms with van der Waals surface area (Å²) in [5.74, 6) is -0.152. The Morgan fingerprint density at radius 2 is 1.65 bits per heavy atom. The third kappa shape index (κ3) is 5.78. The number of fused-ring (bicyclic) bond motifs is 1. The average Bonchev–Trinajstić information content (AvgIpc) is 3.19. The van der Waals surface area contributed by atoms with Gasteiger partial charge in [0, 0.05) is 56.0 Å². The Morgan fingerprint density at radius 1 is 0.973 bits per heavy atom. The Hall–Kier alpha value is -3.43. The Kier molecular flexibility index (Phi) is 7.85. The van der Waals surface area contributed by atoms with Gasteiger partial charge in [0.25, 0.3) is 0 Å². The molecule has 0 unspecified atom stereocenters. The molecule has 1 fully saturated rings. The van der Waals surface area contributed by atoms with E-state index in [2.05, 4.69) is 5.32 Å². The molecule has 0 aromatic heterocycles. The van der Waals surface area contributed by atoms with E-state index < -0.39 is 9.84 Å². The highest BCUT2D eigenvalue weighted by Gasteiger charge is 2.32. The second-order valence-corrected chi connectivity index (χ2v) is 11.7. The lowest BCUT2D eigenvalue weighted by Crippen LogP contribution is -2.31. The van der Waals surface area contributed by atoms with Crippen LogP contribution in [0.5, 0.6) is 5.75 Å². The van der Waals surface area contributed by atoms with Crippen LogP contribution in [0.4, 0.5) is 11.4 Å². The van der Waals surface area contributed by atoms with E-state index in [0.717, 1.165) is 16.6 Å². The average molecular weight is 524 g/mol. The summed E-state index contributed by atoms with van der Waals surface area (Å²) in [7, 11) is 0.232. The molecule has 1 aliphatic heterocycles. The molecule has 3 aromatic rings. The first-order valence-corrected chi connectivity index (χ1v) is 14.0. The van der Waals surface area contributed by atoms with Crippen LogP contribution in [0.15, 0.2) is 59.5 Å². The number of ether oxygens (including phenoxy) is 1. The molecule has 1 saturated heterocycles. The Morgan fingerprint density at radius 3 is 2.32 bits per heavy atom. The van der Waals surface area contributed by atoms with Gasteiger partial charge in [0.1, 0.15) is 12.4 Å². The Balaban J connectivity index is 1.54. The second kappa shape index (κ2) is 10.9. The van der Waals surface area contributed by atoms with Crippen molar-refractivity contribution in [1.82, 2.24) is 5.32 Å². The van der Waals surface area contributed by atoms with Gasteiger partial charge in [0.05, 0.1) is 16.3 Å². The molecule has 37 heavy (non-hydrogen) atoms. The van der Waals surface area contributed by atoms with E-state index in [0.29, 0.717) is 23.4 Å². The van der Waals surface area contributed by atoms with Crippen LogP contribution in [0.25, 0.3) is 10.8 Å². The number of sulfone groups is 1. The van der Waals surface area contributed by atoms with Gasteiger partial charge in [-0.25, -0.2) is 8.42 Å². The van der Waals surface area contributed by atoms with Crippen LogP contribution < -0.4 is 19.9 Å². The van der Waals surface area contributed by atoms with Gasteiger partial charge < -0.3 is 15.0 Å². The summed E-state index contributed by atoms with van der Waals surface area (Å²) >= 11 is 0. The van der Waals surface area contributed by atoms with Gasteiger partial charge in [0.15, 0.2) is 9.84 Å². The van der Waals surface area contributed by atoms with Gasteiger partial charge in [-0.2, -0.15) is 0 Å². The number of amides is 2. The summed E-state index contributed by atoms with van der Waals surface area (Å²) in [6.45, 7) is 4.41. The summed E-state index contributed by atoms with van der Waals surface area (Å²) < 4.78 is 32.4. The van der Waals surface area contributed by atoms with Crippen LogP contribution in [0.1, 0.15) is 32.3 Å². The first kappa shape index (κ1) is 26.6. The number of hydrogen-bond acceptors (Lipinski definition) is 7.